The number of nitrogens with zero attached hydrogens (tertiary/aromatic N) is 2. The maximum atomic E-state index is 12.0. The van der Waals surface area contributed by atoms with Crippen molar-refractivity contribution in [2.45, 2.75) is 25.8 Å². The van der Waals surface area contributed by atoms with Gasteiger partial charge in [0.2, 0.25) is 10.0 Å². The molecule has 0 bridgehead atoms. The molecule has 0 spiro atoms. The molecular formula is C11H24N2O3S. The Labute approximate surface area is 104 Å². The summed E-state index contributed by atoms with van der Waals surface area (Å²) >= 11 is 0. The van der Waals surface area contributed by atoms with Gasteiger partial charge in [-0.15, -0.1) is 0 Å². The Bertz CT molecular complexity index is 330. The third-order valence-electron chi connectivity index (χ3n) is 3.41. The summed E-state index contributed by atoms with van der Waals surface area (Å²) in [6.45, 7) is 3.36. The van der Waals surface area contributed by atoms with E-state index in [1.807, 2.05) is 14.1 Å². The van der Waals surface area contributed by atoms with Crippen molar-refractivity contribution in [3.63, 3.8) is 0 Å². The van der Waals surface area contributed by atoms with Gasteiger partial charge in [-0.05, 0) is 32.9 Å². The molecule has 2 unspecified atom stereocenters. The Morgan fingerprint density at radius 2 is 1.94 bits per heavy atom. The molecule has 102 valence electrons. The molecule has 0 aromatic rings. The monoisotopic (exact) mass is 264 g/mol. The van der Waals surface area contributed by atoms with Gasteiger partial charge >= 0.3 is 0 Å². The first-order chi connectivity index (χ1) is 7.88. The largest absolute Gasteiger partial charge is 0.396 e. The van der Waals surface area contributed by atoms with E-state index in [2.05, 4.69) is 11.8 Å². The molecule has 0 aliphatic carbocycles. The Morgan fingerprint density at radius 3 is 2.41 bits per heavy atom. The highest BCUT2D eigenvalue weighted by Crippen LogP contribution is 2.23. The lowest BCUT2D eigenvalue weighted by Crippen LogP contribution is -2.36. The number of hydrogen-bond acceptors (Lipinski definition) is 4. The quantitative estimate of drug-likeness (QED) is 0.685. The van der Waals surface area contributed by atoms with E-state index >= 15 is 0 Å². The maximum absolute atomic E-state index is 12.0. The van der Waals surface area contributed by atoms with Gasteiger partial charge in [-0.2, -0.15) is 0 Å². The van der Waals surface area contributed by atoms with E-state index in [-0.39, 0.29) is 12.4 Å². The molecule has 6 heteroatoms. The summed E-state index contributed by atoms with van der Waals surface area (Å²) in [5, 5.41) is 8.67. The third kappa shape index (κ3) is 3.91. The molecule has 1 rings (SSSR count). The highest BCUT2D eigenvalue weighted by Gasteiger charge is 2.36. The van der Waals surface area contributed by atoms with Crippen molar-refractivity contribution >= 4 is 10.0 Å². The van der Waals surface area contributed by atoms with Crippen LogP contribution in [0.1, 0.15) is 19.8 Å². The molecule has 5 nitrogen and oxygen atoms in total. The van der Waals surface area contributed by atoms with Crippen molar-refractivity contribution in [2.75, 3.05) is 39.5 Å². The fourth-order valence-corrected chi connectivity index (χ4v) is 4.00. The predicted octanol–water partition coefficient (Wildman–Crippen LogP) is -0.0294. The van der Waals surface area contributed by atoms with Crippen LogP contribution in [0.2, 0.25) is 0 Å². The summed E-state index contributed by atoms with van der Waals surface area (Å²) < 4.78 is 25.7. The number of likely N-dealkylation sites (N-methyl/N-ethyl adjacent to an activating group) is 1. The average Bonchev–Trinajstić information content (AvgIpc) is 2.61. The lowest BCUT2D eigenvalue weighted by atomic mass is 10.1. The minimum absolute atomic E-state index is 0.0618. The van der Waals surface area contributed by atoms with Crippen molar-refractivity contribution < 1.29 is 13.5 Å². The molecule has 1 N–H and O–H groups in total. The molecule has 1 heterocycles. The fourth-order valence-electron chi connectivity index (χ4n) is 2.33. The highest BCUT2D eigenvalue weighted by molar-refractivity contribution is 7.89. The second kappa shape index (κ2) is 6.13. The van der Waals surface area contributed by atoms with Crippen molar-refractivity contribution in [3.8, 4) is 0 Å². The topological polar surface area (TPSA) is 60.9 Å². The minimum Gasteiger partial charge on any atom is -0.396 e. The van der Waals surface area contributed by atoms with E-state index in [9.17, 15) is 8.42 Å². The van der Waals surface area contributed by atoms with Crippen LogP contribution in [0.5, 0.6) is 0 Å². The number of rotatable bonds is 6. The number of hydrogen-bond donors (Lipinski definition) is 1. The lowest BCUT2D eigenvalue weighted by Gasteiger charge is -2.22. The number of sulfonamides is 1. The molecule has 1 saturated heterocycles. The van der Waals surface area contributed by atoms with Gasteiger partial charge in [-0.25, -0.2) is 12.7 Å². The summed E-state index contributed by atoms with van der Waals surface area (Å²) in [5.41, 5.74) is 0. The van der Waals surface area contributed by atoms with E-state index in [0.29, 0.717) is 37.9 Å². The Kier molecular flexibility index (Phi) is 5.37. The average molecular weight is 264 g/mol. The molecule has 1 aliphatic heterocycles. The molecule has 0 amide bonds. The molecule has 1 aliphatic rings. The van der Waals surface area contributed by atoms with Crippen LogP contribution in [0.15, 0.2) is 0 Å². The maximum Gasteiger partial charge on any atom is 0.214 e. The molecule has 1 fully saturated rings. The Morgan fingerprint density at radius 1 is 1.29 bits per heavy atom. The molecule has 17 heavy (non-hydrogen) atoms. The van der Waals surface area contributed by atoms with Crippen LogP contribution >= 0.6 is 0 Å². The molecular weight excluding hydrogens is 240 g/mol. The number of aliphatic hydroxyl groups is 1. The van der Waals surface area contributed by atoms with Crippen LogP contribution in [-0.2, 0) is 10.0 Å². The minimum atomic E-state index is -3.14. The first-order valence-electron chi connectivity index (χ1n) is 6.13. The summed E-state index contributed by atoms with van der Waals surface area (Å²) in [7, 11) is 0.842. The van der Waals surface area contributed by atoms with Gasteiger partial charge in [0.15, 0.2) is 0 Å². The van der Waals surface area contributed by atoms with Crippen molar-refractivity contribution in [3.05, 3.63) is 0 Å². The normalized spacial score (nSPS) is 26.9. The second-order valence-electron chi connectivity index (χ2n) is 5.07. The standard InChI is InChI=1S/C11H24N2O3S/c1-10-8-13(9-11(10)12(2)3)17(15,16)7-5-4-6-14/h10-11,14H,4-9H2,1-3H3. The summed E-state index contributed by atoms with van der Waals surface area (Å²) in [6.07, 6.45) is 1.09. The van der Waals surface area contributed by atoms with Crippen LogP contribution in [0, 0.1) is 5.92 Å². The van der Waals surface area contributed by atoms with Gasteiger partial charge in [-0.3, -0.25) is 0 Å². The summed E-state index contributed by atoms with van der Waals surface area (Å²) in [6, 6.07) is 0.308. The zero-order valence-electron chi connectivity index (χ0n) is 11.0. The second-order valence-corrected chi connectivity index (χ2v) is 7.16. The van der Waals surface area contributed by atoms with Crippen molar-refractivity contribution in [1.29, 1.82) is 0 Å². The Hall–Kier alpha value is -0.170. The molecule has 0 aromatic carbocycles. The van der Waals surface area contributed by atoms with Crippen LogP contribution in [-0.4, -0.2) is 68.3 Å². The number of unbranched alkanes of at least 4 members (excludes halogenated alkanes) is 1. The van der Waals surface area contributed by atoms with Gasteiger partial charge < -0.3 is 10.0 Å². The molecule has 0 saturated carbocycles. The van der Waals surface area contributed by atoms with Gasteiger partial charge in [0.1, 0.15) is 0 Å². The Balaban J connectivity index is 2.57. The first kappa shape index (κ1) is 14.9. The fraction of sp³-hybridized carbons (Fsp3) is 1.00. The van der Waals surface area contributed by atoms with Crippen molar-refractivity contribution in [1.82, 2.24) is 9.21 Å². The zero-order valence-corrected chi connectivity index (χ0v) is 11.8. The van der Waals surface area contributed by atoms with E-state index in [0.717, 1.165) is 0 Å². The van der Waals surface area contributed by atoms with Crippen LogP contribution in [0.25, 0.3) is 0 Å². The van der Waals surface area contributed by atoms with Crippen LogP contribution < -0.4 is 0 Å². The van der Waals surface area contributed by atoms with Gasteiger partial charge in [0.25, 0.3) is 0 Å². The SMILES string of the molecule is CC1CN(S(=O)(=O)CCCCO)CC1N(C)C. The van der Waals surface area contributed by atoms with E-state index < -0.39 is 10.0 Å². The summed E-state index contributed by atoms with van der Waals surface area (Å²) in [4.78, 5) is 2.09. The first-order valence-corrected chi connectivity index (χ1v) is 7.74. The highest BCUT2D eigenvalue weighted by atomic mass is 32.2. The van der Waals surface area contributed by atoms with Crippen LogP contribution in [0.3, 0.4) is 0 Å². The van der Waals surface area contributed by atoms with Crippen LogP contribution in [0.4, 0.5) is 0 Å². The zero-order chi connectivity index (χ0) is 13.1. The number of aliphatic hydroxyl groups excluding tert-OH is 1. The molecule has 2 atom stereocenters. The van der Waals surface area contributed by atoms with E-state index in [1.165, 1.54) is 0 Å². The summed E-state index contributed by atoms with van der Waals surface area (Å²) in [5.74, 6) is 0.526. The lowest BCUT2D eigenvalue weighted by molar-refractivity contribution is 0.263. The van der Waals surface area contributed by atoms with E-state index in [1.54, 1.807) is 4.31 Å². The van der Waals surface area contributed by atoms with E-state index in [4.69, 9.17) is 5.11 Å². The molecule has 0 radical (unpaired) electrons. The van der Waals surface area contributed by atoms with Gasteiger partial charge in [0, 0.05) is 25.7 Å². The third-order valence-corrected chi connectivity index (χ3v) is 5.30. The molecule has 0 aromatic heterocycles. The predicted molar refractivity (Wildman–Crippen MR) is 68.3 cm³/mol. The van der Waals surface area contributed by atoms with Gasteiger partial charge in [0.05, 0.1) is 5.75 Å². The van der Waals surface area contributed by atoms with Gasteiger partial charge in [-0.1, -0.05) is 6.92 Å². The van der Waals surface area contributed by atoms with Crippen molar-refractivity contribution in [2.24, 2.45) is 5.92 Å². The smallest absolute Gasteiger partial charge is 0.214 e.